The Kier molecular flexibility index (Phi) is 4.28. The van der Waals surface area contributed by atoms with Crippen LogP contribution in [0, 0.1) is 11.8 Å². The third kappa shape index (κ3) is 2.90. The van der Waals surface area contributed by atoms with Gasteiger partial charge in [0.15, 0.2) is 5.65 Å². The minimum atomic E-state index is -0.827. The Morgan fingerprint density at radius 3 is 2.69 bits per heavy atom. The average Bonchev–Trinajstić information content (AvgIpc) is 3.20. The summed E-state index contributed by atoms with van der Waals surface area (Å²) in [6, 6.07) is 3.93. The SMILES string of the molecule is COc1ccc2c(NC3CC4CN(C(=O)O)CC4C3)c(CO)cnc2n1. The second-order valence-corrected chi connectivity index (χ2v) is 7.06. The number of aromatic nitrogens is 2. The molecule has 3 N–H and O–H groups in total. The number of carbonyl (C=O) groups is 1. The van der Waals surface area contributed by atoms with Gasteiger partial charge in [0.25, 0.3) is 0 Å². The van der Waals surface area contributed by atoms with E-state index in [9.17, 15) is 9.90 Å². The Balaban J connectivity index is 1.57. The summed E-state index contributed by atoms with van der Waals surface area (Å²) in [5, 5.41) is 23.3. The summed E-state index contributed by atoms with van der Waals surface area (Å²) < 4.78 is 5.16. The lowest BCUT2D eigenvalue weighted by molar-refractivity contribution is 0.152. The van der Waals surface area contributed by atoms with Crippen LogP contribution in [0.2, 0.25) is 0 Å². The van der Waals surface area contributed by atoms with Crippen LogP contribution in [0.25, 0.3) is 11.0 Å². The second kappa shape index (κ2) is 6.60. The van der Waals surface area contributed by atoms with Crippen molar-refractivity contribution in [1.82, 2.24) is 14.9 Å². The molecule has 1 amide bonds. The van der Waals surface area contributed by atoms with Crippen LogP contribution >= 0.6 is 0 Å². The summed E-state index contributed by atoms with van der Waals surface area (Å²) in [7, 11) is 1.56. The number of anilines is 1. The van der Waals surface area contributed by atoms with Crippen molar-refractivity contribution in [1.29, 1.82) is 0 Å². The number of amides is 1. The highest BCUT2D eigenvalue weighted by atomic mass is 16.5. The standard InChI is InChI=1S/C18H22N4O4/c1-26-15-3-2-14-16(12(9-23)6-19-17(14)21-15)20-13-4-10-7-22(18(24)25)8-11(10)5-13/h2-3,6,10-11,13,23H,4-5,7-9H2,1H3,(H,24,25)(H,19,20,21). The van der Waals surface area contributed by atoms with Crippen LogP contribution in [0.5, 0.6) is 5.88 Å². The van der Waals surface area contributed by atoms with Crippen molar-refractivity contribution in [2.24, 2.45) is 11.8 Å². The van der Waals surface area contributed by atoms with Crippen LogP contribution < -0.4 is 10.1 Å². The minimum absolute atomic E-state index is 0.107. The maximum Gasteiger partial charge on any atom is 0.407 e. The van der Waals surface area contributed by atoms with E-state index >= 15 is 0 Å². The zero-order valence-corrected chi connectivity index (χ0v) is 14.6. The third-order valence-electron chi connectivity index (χ3n) is 5.53. The molecule has 4 rings (SSSR count). The molecule has 2 aliphatic rings. The van der Waals surface area contributed by atoms with Gasteiger partial charge in [0.1, 0.15) is 0 Å². The van der Waals surface area contributed by atoms with Gasteiger partial charge >= 0.3 is 6.09 Å². The van der Waals surface area contributed by atoms with Crippen molar-refractivity contribution in [2.75, 3.05) is 25.5 Å². The number of aliphatic hydroxyl groups is 1. The molecule has 1 aliphatic heterocycles. The number of methoxy groups -OCH3 is 1. The van der Waals surface area contributed by atoms with E-state index in [4.69, 9.17) is 9.84 Å². The molecule has 8 heteroatoms. The van der Waals surface area contributed by atoms with E-state index in [1.807, 2.05) is 6.07 Å². The van der Waals surface area contributed by atoms with Gasteiger partial charge in [0, 0.05) is 42.3 Å². The topological polar surface area (TPSA) is 108 Å². The van der Waals surface area contributed by atoms with Gasteiger partial charge in [-0.15, -0.1) is 0 Å². The molecule has 1 saturated carbocycles. The first-order valence-electron chi connectivity index (χ1n) is 8.77. The number of nitrogens with zero attached hydrogens (tertiary/aromatic N) is 3. The van der Waals surface area contributed by atoms with Crippen LogP contribution in [-0.4, -0.2) is 57.4 Å². The third-order valence-corrected chi connectivity index (χ3v) is 5.53. The van der Waals surface area contributed by atoms with E-state index in [2.05, 4.69) is 15.3 Å². The van der Waals surface area contributed by atoms with E-state index in [1.54, 1.807) is 19.4 Å². The number of fused-ring (bicyclic) bond motifs is 2. The summed E-state index contributed by atoms with van der Waals surface area (Å²) in [6.45, 7) is 1.12. The number of nitrogens with one attached hydrogen (secondary N) is 1. The molecule has 0 aromatic carbocycles. The predicted molar refractivity (Wildman–Crippen MR) is 95.2 cm³/mol. The van der Waals surface area contributed by atoms with Gasteiger partial charge in [-0.1, -0.05) is 0 Å². The molecule has 0 spiro atoms. The number of hydrogen-bond acceptors (Lipinski definition) is 6. The fourth-order valence-corrected chi connectivity index (χ4v) is 4.28. The summed E-state index contributed by atoms with van der Waals surface area (Å²) in [5.41, 5.74) is 2.15. The van der Waals surface area contributed by atoms with Crippen LogP contribution in [0.3, 0.4) is 0 Å². The van der Waals surface area contributed by atoms with Crippen LogP contribution in [0.4, 0.5) is 10.5 Å². The van der Waals surface area contributed by atoms with E-state index in [0.717, 1.165) is 29.5 Å². The largest absolute Gasteiger partial charge is 0.481 e. The number of hydrogen-bond donors (Lipinski definition) is 3. The van der Waals surface area contributed by atoms with Crippen LogP contribution in [-0.2, 0) is 6.61 Å². The molecule has 2 unspecified atom stereocenters. The summed E-state index contributed by atoms with van der Waals surface area (Å²) in [5.74, 6) is 1.29. The Morgan fingerprint density at radius 1 is 1.35 bits per heavy atom. The number of aliphatic hydroxyl groups excluding tert-OH is 1. The Morgan fingerprint density at radius 2 is 2.08 bits per heavy atom. The maximum atomic E-state index is 11.1. The Hall–Kier alpha value is -2.61. The monoisotopic (exact) mass is 358 g/mol. The number of likely N-dealkylation sites (tertiary alicyclic amines) is 1. The molecule has 2 fully saturated rings. The lowest BCUT2D eigenvalue weighted by Gasteiger charge is -2.21. The smallest absolute Gasteiger partial charge is 0.407 e. The number of ether oxygens (including phenoxy) is 1. The molecule has 1 saturated heterocycles. The molecule has 8 nitrogen and oxygen atoms in total. The van der Waals surface area contributed by atoms with Crippen molar-refractivity contribution >= 4 is 22.8 Å². The number of carboxylic acid groups (broad SMARTS) is 1. The number of rotatable bonds is 4. The molecule has 1 aliphatic carbocycles. The van der Waals surface area contributed by atoms with Gasteiger partial charge in [-0.2, -0.15) is 4.98 Å². The fourth-order valence-electron chi connectivity index (χ4n) is 4.28. The van der Waals surface area contributed by atoms with E-state index in [1.165, 1.54) is 4.90 Å². The summed E-state index contributed by atoms with van der Waals surface area (Å²) >= 11 is 0. The highest BCUT2D eigenvalue weighted by Gasteiger charge is 2.42. The fraction of sp³-hybridized carbons (Fsp3) is 0.500. The minimum Gasteiger partial charge on any atom is -0.481 e. The molecule has 2 aromatic heterocycles. The van der Waals surface area contributed by atoms with Gasteiger partial charge in [-0.05, 0) is 30.7 Å². The first-order chi connectivity index (χ1) is 12.6. The van der Waals surface area contributed by atoms with Crippen LogP contribution in [0.15, 0.2) is 18.3 Å². The van der Waals surface area contributed by atoms with Crippen LogP contribution in [0.1, 0.15) is 18.4 Å². The van der Waals surface area contributed by atoms with Gasteiger partial charge in [-0.25, -0.2) is 9.78 Å². The normalized spacial score (nSPS) is 24.7. The summed E-state index contributed by atoms with van der Waals surface area (Å²) in [6.07, 6.45) is 2.66. The van der Waals surface area contributed by atoms with Gasteiger partial charge in [-0.3, -0.25) is 0 Å². The second-order valence-electron chi connectivity index (χ2n) is 7.06. The first kappa shape index (κ1) is 16.8. The lowest BCUT2D eigenvalue weighted by atomic mass is 10.0. The van der Waals surface area contributed by atoms with E-state index in [-0.39, 0.29) is 12.6 Å². The molecule has 2 aromatic rings. The van der Waals surface area contributed by atoms with Crippen molar-refractivity contribution in [3.8, 4) is 5.88 Å². The average molecular weight is 358 g/mol. The van der Waals surface area contributed by atoms with Crippen molar-refractivity contribution in [2.45, 2.75) is 25.5 Å². The molecule has 138 valence electrons. The maximum absolute atomic E-state index is 11.1. The molecular weight excluding hydrogens is 336 g/mol. The Labute approximate surface area is 150 Å². The van der Waals surface area contributed by atoms with Crippen molar-refractivity contribution in [3.63, 3.8) is 0 Å². The predicted octanol–water partition coefficient (Wildman–Crippen LogP) is 1.93. The van der Waals surface area contributed by atoms with Gasteiger partial charge in [0.05, 0.1) is 19.4 Å². The quantitative estimate of drug-likeness (QED) is 0.766. The van der Waals surface area contributed by atoms with Gasteiger partial charge < -0.3 is 25.2 Å². The molecule has 3 heterocycles. The van der Waals surface area contributed by atoms with Gasteiger partial charge in [0.2, 0.25) is 5.88 Å². The molecule has 0 radical (unpaired) electrons. The Bertz CT molecular complexity index is 829. The molecule has 26 heavy (non-hydrogen) atoms. The van der Waals surface area contributed by atoms with E-state index < -0.39 is 6.09 Å². The summed E-state index contributed by atoms with van der Waals surface area (Å²) in [4.78, 5) is 21.3. The first-order valence-corrected chi connectivity index (χ1v) is 8.77. The zero-order chi connectivity index (χ0) is 18.3. The van der Waals surface area contributed by atoms with E-state index in [0.29, 0.717) is 36.5 Å². The number of pyridine rings is 2. The van der Waals surface area contributed by atoms with Crippen molar-refractivity contribution in [3.05, 3.63) is 23.9 Å². The highest BCUT2D eigenvalue weighted by molar-refractivity contribution is 5.91. The van der Waals surface area contributed by atoms with Crippen molar-refractivity contribution < 1.29 is 19.7 Å². The molecular formula is C18H22N4O4. The highest BCUT2D eigenvalue weighted by Crippen LogP contribution is 2.40. The lowest BCUT2D eigenvalue weighted by Crippen LogP contribution is -2.29. The molecule has 0 bridgehead atoms. The zero-order valence-electron chi connectivity index (χ0n) is 14.6. The molecule has 2 atom stereocenters.